The fraction of sp³-hybridized carbons (Fsp3) is 0.378. The van der Waals surface area contributed by atoms with E-state index in [-0.39, 0.29) is 40.4 Å². The Morgan fingerprint density at radius 3 is 2.55 bits per heavy atom. The normalized spacial score (nSPS) is 13.9. The van der Waals surface area contributed by atoms with Crippen molar-refractivity contribution in [3.05, 3.63) is 81.0 Å². The summed E-state index contributed by atoms with van der Waals surface area (Å²) in [6.45, 7) is 10.2. The summed E-state index contributed by atoms with van der Waals surface area (Å²) < 4.78 is 33.1. The summed E-state index contributed by atoms with van der Waals surface area (Å²) in [6, 6.07) is 11.3. The number of anilines is 2. The lowest BCUT2D eigenvalue weighted by Crippen LogP contribution is -2.39. The first kappa shape index (κ1) is 37.2. The number of morpholine rings is 1. The van der Waals surface area contributed by atoms with Crippen molar-refractivity contribution in [3.63, 3.8) is 0 Å². The van der Waals surface area contributed by atoms with Gasteiger partial charge in [-0.25, -0.2) is 9.37 Å². The van der Waals surface area contributed by atoms with Crippen LogP contribution in [-0.4, -0.2) is 79.0 Å². The quantitative estimate of drug-likeness (QED) is 0.139. The minimum Gasteiger partial charge on any atom is -0.497 e. The van der Waals surface area contributed by atoms with Gasteiger partial charge in [-0.05, 0) is 41.7 Å². The molecule has 1 saturated heterocycles. The molecule has 14 heteroatoms. The SMILES string of the molecule is COc1cc(OC)c(Cl)c(-c2cc3cnc(NCCN4CCOCC4)nc3n(CCc3ccc(NC(=O)C(C#N)=CC(C)(C)C)c(F)c3)c2=O)c1. The molecular weight excluding hydrogens is 677 g/mol. The predicted octanol–water partition coefficient (Wildman–Crippen LogP) is 5.69. The molecule has 0 spiro atoms. The Balaban J connectivity index is 1.47. The Labute approximate surface area is 300 Å². The van der Waals surface area contributed by atoms with Crippen molar-refractivity contribution in [2.75, 3.05) is 64.2 Å². The highest BCUT2D eigenvalue weighted by atomic mass is 35.5. The molecule has 0 unspecified atom stereocenters. The number of carbonyl (C=O) groups excluding carboxylic acids is 1. The number of nitriles is 1. The van der Waals surface area contributed by atoms with E-state index in [0.29, 0.717) is 59.4 Å². The van der Waals surface area contributed by atoms with E-state index < -0.39 is 17.1 Å². The van der Waals surface area contributed by atoms with Crippen LogP contribution in [0.3, 0.4) is 0 Å². The molecule has 2 N–H and O–H groups in total. The zero-order valence-electron chi connectivity index (χ0n) is 29.3. The van der Waals surface area contributed by atoms with Gasteiger partial charge in [-0.1, -0.05) is 44.5 Å². The van der Waals surface area contributed by atoms with Crippen LogP contribution in [0.5, 0.6) is 11.5 Å². The summed E-state index contributed by atoms with van der Waals surface area (Å²) in [5.74, 6) is -0.223. The highest BCUT2D eigenvalue weighted by Gasteiger charge is 2.20. The highest BCUT2D eigenvalue weighted by Crippen LogP contribution is 2.38. The molecule has 12 nitrogen and oxygen atoms in total. The van der Waals surface area contributed by atoms with E-state index in [1.807, 2.05) is 26.8 Å². The van der Waals surface area contributed by atoms with Crippen LogP contribution in [0.15, 0.2) is 59.0 Å². The zero-order valence-corrected chi connectivity index (χ0v) is 30.1. The largest absolute Gasteiger partial charge is 0.497 e. The molecule has 0 radical (unpaired) electrons. The predicted molar refractivity (Wildman–Crippen MR) is 195 cm³/mol. The first-order valence-electron chi connectivity index (χ1n) is 16.5. The number of hydrogen-bond acceptors (Lipinski definition) is 10. The van der Waals surface area contributed by atoms with Crippen molar-refractivity contribution in [2.45, 2.75) is 33.7 Å². The van der Waals surface area contributed by atoms with E-state index in [9.17, 15) is 14.9 Å². The van der Waals surface area contributed by atoms with Crippen molar-refractivity contribution in [2.24, 2.45) is 5.41 Å². The lowest BCUT2D eigenvalue weighted by atomic mass is 9.93. The number of fused-ring (bicyclic) bond motifs is 1. The number of allylic oxidation sites excluding steroid dienone is 1. The molecule has 1 amide bonds. The van der Waals surface area contributed by atoms with E-state index in [2.05, 4.69) is 20.5 Å². The second-order valence-corrected chi connectivity index (χ2v) is 13.5. The van der Waals surface area contributed by atoms with E-state index in [1.54, 1.807) is 30.5 Å². The van der Waals surface area contributed by atoms with E-state index >= 15 is 4.39 Å². The number of nitrogens with zero attached hydrogens (tertiary/aromatic N) is 5. The van der Waals surface area contributed by atoms with Gasteiger partial charge in [-0.2, -0.15) is 10.2 Å². The lowest BCUT2D eigenvalue weighted by molar-refractivity contribution is -0.112. The summed E-state index contributed by atoms with van der Waals surface area (Å²) >= 11 is 6.72. The van der Waals surface area contributed by atoms with E-state index in [1.165, 1.54) is 37.0 Å². The van der Waals surface area contributed by atoms with E-state index in [4.69, 9.17) is 30.8 Å². The first-order valence-corrected chi connectivity index (χ1v) is 16.9. The molecular formula is C37H41ClFN7O5. The summed E-state index contributed by atoms with van der Waals surface area (Å²) in [5, 5.41) is 16.0. The van der Waals surface area contributed by atoms with Gasteiger partial charge in [0.25, 0.3) is 11.5 Å². The molecule has 0 saturated carbocycles. The van der Waals surface area contributed by atoms with Crippen LogP contribution >= 0.6 is 11.6 Å². The van der Waals surface area contributed by atoms with Gasteiger partial charge in [0, 0.05) is 61.5 Å². The molecule has 0 bridgehead atoms. The average molecular weight is 718 g/mol. The minimum absolute atomic E-state index is 0.0643. The third-order valence-corrected chi connectivity index (χ3v) is 8.64. The molecule has 0 aliphatic carbocycles. The summed E-state index contributed by atoms with van der Waals surface area (Å²) in [7, 11) is 2.98. The van der Waals surface area contributed by atoms with Crippen LogP contribution in [-0.2, 0) is 22.5 Å². The van der Waals surface area contributed by atoms with Gasteiger partial charge in [-0.3, -0.25) is 19.1 Å². The third kappa shape index (κ3) is 9.21. The third-order valence-electron chi connectivity index (χ3n) is 8.25. The van der Waals surface area contributed by atoms with Crippen molar-refractivity contribution >= 4 is 40.2 Å². The Morgan fingerprint density at radius 2 is 1.88 bits per heavy atom. The molecule has 1 aliphatic heterocycles. The van der Waals surface area contributed by atoms with Crippen molar-refractivity contribution < 1.29 is 23.4 Å². The van der Waals surface area contributed by atoms with Gasteiger partial charge in [0.15, 0.2) is 0 Å². The lowest BCUT2D eigenvalue weighted by Gasteiger charge is -2.26. The molecule has 51 heavy (non-hydrogen) atoms. The summed E-state index contributed by atoms with van der Waals surface area (Å²) in [6.07, 6.45) is 3.43. The van der Waals surface area contributed by atoms with Gasteiger partial charge >= 0.3 is 0 Å². The van der Waals surface area contributed by atoms with Crippen molar-refractivity contribution in [1.82, 2.24) is 19.4 Å². The van der Waals surface area contributed by atoms with Crippen LogP contribution in [0.25, 0.3) is 22.2 Å². The minimum atomic E-state index is -0.698. The van der Waals surface area contributed by atoms with Crippen LogP contribution < -0.4 is 25.7 Å². The second kappa shape index (κ2) is 16.3. The van der Waals surface area contributed by atoms with Gasteiger partial charge in [0.05, 0.1) is 38.1 Å². The van der Waals surface area contributed by atoms with E-state index in [0.717, 1.165) is 19.6 Å². The Kier molecular flexibility index (Phi) is 11.9. The molecule has 3 heterocycles. The number of amides is 1. The first-order chi connectivity index (χ1) is 24.4. The zero-order chi connectivity index (χ0) is 36.7. The smallest absolute Gasteiger partial charge is 0.266 e. The second-order valence-electron chi connectivity index (χ2n) is 13.1. The summed E-state index contributed by atoms with van der Waals surface area (Å²) in [4.78, 5) is 38.5. The van der Waals surface area contributed by atoms with Gasteiger partial charge in [0.1, 0.15) is 34.6 Å². The monoisotopic (exact) mass is 717 g/mol. The molecule has 0 atom stereocenters. The number of ether oxygens (including phenoxy) is 3. The maximum Gasteiger partial charge on any atom is 0.266 e. The van der Waals surface area contributed by atoms with Crippen LogP contribution in [0, 0.1) is 22.6 Å². The van der Waals surface area contributed by atoms with Gasteiger partial charge in [0.2, 0.25) is 5.95 Å². The topological polar surface area (TPSA) is 144 Å². The van der Waals surface area contributed by atoms with Gasteiger partial charge in [-0.15, -0.1) is 0 Å². The number of methoxy groups -OCH3 is 2. The Morgan fingerprint density at radius 1 is 1.12 bits per heavy atom. The highest BCUT2D eigenvalue weighted by molar-refractivity contribution is 6.35. The number of carbonyl (C=O) groups is 1. The van der Waals surface area contributed by atoms with Crippen molar-refractivity contribution in [3.8, 4) is 28.7 Å². The molecule has 5 rings (SSSR count). The molecule has 1 fully saturated rings. The maximum absolute atomic E-state index is 15.3. The Hall–Kier alpha value is -5.03. The number of aryl methyl sites for hydroxylation is 2. The maximum atomic E-state index is 15.3. The van der Waals surface area contributed by atoms with Crippen LogP contribution in [0.1, 0.15) is 26.3 Å². The summed E-state index contributed by atoms with van der Waals surface area (Å²) in [5.41, 5.74) is 0.675. The van der Waals surface area contributed by atoms with Crippen molar-refractivity contribution in [1.29, 1.82) is 5.26 Å². The average Bonchev–Trinajstić information content (AvgIpc) is 3.11. The fourth-order valence-electron chi connectivity index (χ4n) is 5.66. The number of pyridine rings is 1. The fourth-order valence-corrected chi connectivity index (χ4v) is 5.95. The number of aromatic nitrogens is 3. The molecule has 4 aromatic rings. The number of hydrogen-bond donors (Lipinski definition) is 2. The van der Waals surface area contributed by atoms with Crippen LogP contribution in [0.2, 0.25) is 5.02 Å². The number of halogens is 2. The molecule has 2 aromatic carbocycles. The van der Waals surface area contributed by atoms with Gasteiger partial charge < -0.3 is 24.8 Å². The molecule has 268 valence electrons. The standard InChI is InChI=1S/C37H41ClFN7O5/c1-37(2,3)20-25(21-40)34(47)43-30-7-6-23(16-29(30)39)8-10-46-33-24(22-42-36(44-33)41-9-11-45-12-14-51-15-13-45)17-28(35(46)48)27-18-26(49-4)19-31(50-5)32(27)38/h6-7,16-20,22H,8-15H2,1-5H3,(H,43,47)(H,41,42,44). The Bertz CT molecular complexity index is 2050. The molecule has 1 aliphatic rings. The van der Waals surface area contributed by atoms with Crippen LogP contribution in [0.4, 0.5) is 16.0 Å². The number of benzene rings is 2. The number of nitrogens with one attached hydrogen (secondary N) is 2. The number of rotatable bonds is 12. The molecule has 2 aromatic heterocycles.